The van der Waals surface area contributed by atoms with Gasteiger partial charge in [-0.25, -0.2) is 12.8 Å². The number of hydrogen-bond donors (Lipinski definition) is 1. The summed E-state index contributed by atoms with van der Waals surface area (Å²) in [6.07, 6.45) is 1.79. The molecule has 1 heterocycles. The molecule has 1 unspecified atom stereocenters. The minimum absolute atomic E-state index is 0.0284. The number of nitrogens with one attached hydrogen (secondary N) is 1. The van der Waals surface area contributed by atoms with Crippen molar-refractivity contribution in [3.05, 3.63) is 119 Å². The predicted octanol–water partition coefficient (Wildman–Crippen LogP) is 6.00. The zero-order valence-electron chi connectivity index (χ0n) is 26.5. The van der Waals surface area contributed by atoms with Crippen LogP contribution in [0.3, 0.4) is 0 Å². The van der Waals surface area contributed by atoms with Gasteiger partial charge in [0.25, 0.3) is 10.0 Å². The highest BCUT2D eigenvalue weighted by molar-refractivity contribution is 7.92. The molecular weight excluding hydrogens is 657 g/mol. The molecule has 1 atom stereocenters. The van der Waals surface area contributed by atoms with E-state index in [0.717, 1.165) is 34.8 Å². The number of benzene rings is 4. The standard InChI is InChI=1S/C36H37ClFN3O6S/c1-2-3-18-39-36(43)32(22-26-8-5-4-6-9-26)40(24-27-10-7-11-28(37)21-27)35(42)25-41(30-14-12-29(38)13-15-30)48(44,45)31-16-17-33-34(23-31)47-20-19-46-33/h4-17,21,23,32H,2-3,18-20,22,24-25H2,1H3,(H,39,43). The first-order valence-electron chi connectivity index (χ1n) is 15.7. The lowest BCUT2D eigenvalue weighted by Crippen LogP contribution is -2.53. The maximum Gasteiger partial charge on any atom is 0.264 e. The quantitative estimate of drug-likeness (QED) is 0.163. The molecule has 0 bridgehead atoms. The number of halogens is 2. The van der Waals surface area contributed by atoms with Gasteiger partial charge in [0.2, 0.25) is 11.8 Å². The molecule has 1 aliphatic heterocycles. The van der Waals surface area contributed by atoms with E-state index in [9.17, 15) is 22.4 Å². The van der Waals surface area contributed by atoms with E-state index in [1.807, 2.05) is 37.3 Å². The fourth-order valence-electron chi connectivity index (χ4n) is 5.34. The Balaban J connectivity index is 1.56. The Labute approximate surface area is 285 Å². The van der Waals surface area contributed by atoms with E-state index in [2.05, 4.69) is 5.32 Å². The Morgan fingerprint density at radius 2 is 1.60 bits per heavy atom. The molecule has 4 aromatic carbocycles. The number of ether oxygens (including phenoxy) is 2. The summed E-state index contributed by atoms with van der Waals surface area (Å²) >= 11 is 6.30. The summed E-state index contributed by atoms with van der Waals surface area (Å²) in [7, 11) is -4.42. The van der Waals surface area contributed by atoms with Crippen LogP contribution in [0.5, 0.6) is 11.5 Å². The van der Waals surface area contributed by atoms with Crippen LogP contribution in [0.1, 0.15) is 30.9 Å². The maximum atomic E-state index is 14.5. The second-order valence-electron chi connectivity index (χ2n) is 11.3. The van der Waals surface area contributed by atoms with Crippen molar-refractivity contribution in [1.82, 2.24) is 10.2 Å². The SMILES string of the molecule is CCCCNC(=O)C(Cc1ccccc1)N(Cc1cccc(Cl)c1)C(=O)CN(c1ccc(F)cc1)S(=O)(=O)c1ccc2c(c1)OCCO2. The monoisotopic (exact) mass is 693 g/mol. The minimum Gasteiger partial charge on any atom is -0.486 e. The van der Waals surface area contributed by atoms with Gasteiger partial charge >= 0.3 is 0 Å². The third-order valence-corrected chi connectivity index (χ3v) is 9.84. The molecule has 0 radical (unpaired) electrons. The number of anilines is 1. The highest BCUT2D eigenvalue weighted by atomic mass is 35.5. The van der Waals surface area contributed by atoms with Crippen LogP contribution in [0.2, 0.25) is 5.02 Å². The highest BCUT2D eigenvalue weighted by Gasteiger charge is 2.35. The van der Waals surface area contributed by atoms with Crippen LogP contribution in [0.4, 0.5) is 10.1 Å². The Hall–Kier alpha value is -4.61. The molecule has 2 amide bonds. The zero-order chi connectivity index (χ0) is 34.1. The minimum atomic E-state index is -4.42. The number of fused-ring (bicyclic) bond motifs is 1. The summed E-state index contributed by atoms with van der Waals surface area (Å²) in [5, 5.41) is 3.40. The van der Waals surface area contributed by atoms with Gasteiger partial charge in [0.05, 0.1) is 10.6 Å². The topological polar surface area (TPSA) is 105 Å². The van der Waals surface area contributed by atoms with Crippen molar-refractivity contribution in [3.8, 4) is 11.5 Å². The van der Waals surface area contributed by atoms with Crippen LogP contribution in [0.15, 0.2) is 102 Å². The first-order chi connectivity index (χ1) is 23.2. The second-order valence-corrected chi connectivity index (χ2v) is 13.6. The zero-order valence-corrected chi connectivity index (χ0v) is 28.1. The lowest BCUT2D eigenvalue weighted by Gasteiger charge is -2.34. The van der Waals surface area contributed by atoms with Gasteiger partial charge in [-0.3, -0.25) is 13.9 Å². The molecule has 12 heteroatoms. The van der Waals surface area contributed by atoms with E-state index in [4.69, 9.17) is 21.1 Å². The smallest absolute Gasteiger partial charge is 0.264 e. The number of rotatable bonds is 14. The van der Waals surface area contributed by atoms with Crippen molar-refractivity contribution in [2.45, 2.75) is 43.7 Å². The molecule has 4 aromatic rings. The van der Waals surface area contributed by atoms with Gasteiger partial charge in [0.1, 0.15) is 31.6 Å². The van der Waals surface area contributed by atoms with E-state index in [1.165, 1.54) is 35.2 Å². The molecule has 48 heavy (non-hydrogen) atoms. The van der Waals surface area contributed by atoms with Crippen molar-refractivity contribution in [1.29, 1.82) is 0 Å². The molecule has 9 nitrogen and oxygen atoms in total. The van der Waals surface area contributed by atoms with Crippen molar-refractivity contribution in [3.63, 3.8) is 0 Å². The van der Waals surface area contributed by atoms with E-state index < -0.39 is 34.3 Å². The molecule has 5 rings (SSSR count). The van der Waals surface area contributed by atoms with Gasteiger partial charge in [-0.1, -0.05) is 67.4 Å². The van der Waals surface area contributed by atoms with Gasteiger partial charge in [-0.2, -0.15) is 0 Å². The Kier molecular flexibility index (Phi) is 11.6. The predicted molar refractivity (Wildman–Crippen MR) is 182 cm³/mol. The summed E-state index contributed by atoms with van der Waals surface area (Å²) in [5.41, 5.74) is 1.53. The van der Waals surface area contributed by atoms with E-state index in [0.29, 0.717) is 29.5 Å². The molecule has 0 fully saturated rings. The summed E-state index contributed by atoms with van der Waals surface area (Å²) in [6.45, 7) is 2.29. The first kappa shape index (κ1) is 34.7. The molecule has 1 N–H and O–H groups in total. The summed E-state index contributed by atoms with van der Waals surface area (Å²) < 4.78 is 54.7. The molecule has 0 spiro atoms. The number of amides is 2. The fourth-order valence-corrected chi connectivity index (χ4v) is 6.98. The van der Waals surface area contributed by atoms with Crippen LogP contribution in [0, 0.1) is 5.82 Å². The lowest BCUT2D eigenvalue weighted by atomic mass is 10.0. The Morgan fingerprint density at radius 3 is 2.31 bits per heavy atom. The number of carbonyl (C=O) groups is 2. The van der Waals surface area contributed by atoms with E-state index in [1.54, 1.807) is 24.3 Å². The third-order valence-electron chi connectivity index (χ3n) is 7.84. The molecule has 1 aliphatic rings. The normalized spacial score (nSPS) is 13.0. The van der Waals surface area contributed by atoms with Gasteiger partial charge in [0, 0.05) is 30.6 Å². The molecular formula is C36H37ClFN3O6S. The number of nitrogens with zero attached hydrogens (tertiary/aromatic N) is 2. The van der Waals surface area contributed by atoms with Gasteiger partial charge in [-0.05, 0) is 66.1 Å². The van der Waals surface area contributed by atoms with Crippen molar-refractivity contribution in [2.75, 3.05) is 30.6 Å². The molecule has 252 valence electrons. The largest absolute Gasteiger partial charge is 0.486 e. The summed E-state index contributed by atoms with van der Waals surface area (Å²) in [6, 6.07) is 24.2. The molecule has 0 aromatic heterocycles. The van der Waals surface area contributed by atoms with Gasteiger partial charge < -0.3 is 19.7 Å². The number of unbranched alkanes of at least 4 members (excludes halogenated alkanes) is 1. The van der Waals surface area contributed by atoms with Crippen molar-refractivity contribution >= 4 is 39.1 Å². The van der Waals surface area contributed by atoms with Crippen LogP contribution < -0.4 is 19.1 Å². The van der Waals surface area contributed by atoms with Crippen LogP contribution in [-0.4, -0.2) is 57.5 Å². The van der Waals surface area contributed by atoms with Crippen molar-refractivity contribution < 1.29 is 31.9 Å². The van der Waals surface area contributed by atoms with Crippen LogP contribution in [-0.2, 0) is 32.6 Å². The fraction of sp³-hybridized carbons (Fsp3) is 0.278. The maximum absolute atomic E-state index is 14.5. The Morgan fingerprint density at radius 1 is 0.896 bits per heavy atom. The molecule has 0 saturated carbocycles. The number of sulfonamides is 1. The highest BCUT2D eigenvalue weighted by Crippen LogP contribution is 2.34. The average molecular weight is 694 g/mol. The average Bonchev–Trinajstić information content (AvgIpc) is 3.09. The third kappa shape index (κ3) is 8.64. The van der Waals surface area contributed by atoms with E-state index >= 15 is 0 Å². The summed E-state index contributed by atoms with van der Waals surface area (Å²) in [5.74, 6) is -0.939. The van der Waals surface area contributed by atoms with Gasteiger partial charge in [0.15, 0.2) is 11.5 Å². The number of carbonyl (C=O) groups excluding carboxylic acids is 2. The van der Waals surface area contributed by atoms with Gasteiger partial charge in [-0.15, -0.1) is 0 Å². The van der Waals surface area contributed by atoms with Crippen LogP contribution in [0.25, 0.3) is 0 Å². The number of hydrogen-bond acceptors (Lipinski definition) is 6. The van der Waals surface area contributed by atoms with E-state index in [-0.39, 0.29) is 41.8 Å². The lowest BCUT2D eigenvalue weighted by molar-refractivity contribution is -0.140. The second kappa shape index (κ2) is 16.0. The Bertz CT molecular complexity index is 1830. The molecule has 0 aliphatic carbocycles. The first-order valence-corrected chi connectivity index (χ1v) is 17.5. The summed E-state index contributed by atoms with van der Waals surface area (Å²) in [4.78, 5) is 29.6. The van der Waals surface area contributed by atoms with Crippen LogP contribution >= 0.6 is 11.6 Å². The molecule has 0 saturated heterocycles. The van der Waals surface area contributed by atoms with Crippen molar-refractivity contribution in [2.24, 2.45) is 0 Å².